The zero-order chi connectivity index (χ0) is 18.8. The average molecular weight is 354 g/mol. The summed E-state index contributed by atoms with van der Waals surface area (Å²) in [6.45, 7) is 9.04. The average Bonchev–Trinajstić information content (AvgIpc) is 2.68. The molecule has 7 nitrogen and oxygen atoms in total. The first-order valence-electron chi connectivity index (χ1n) is 8.98. The van der Waals surface area contributed by atoms with Crippen LogP contribution in [-0.2, 0) is 14.3 Å². The van der Waals surface area contributed by atoms with Gasteiger partial charge in [-0.25, -0.2) is 15.0 Å². The van der Waals surface area contributed by atoms with Gasteiger partial charge in [-0.05, 0) is 47.5 Å². The summed E-state index contributed by atoms with van der Waals surface area (Å²) in [6, 6.07) is 0. The topological polar surface area (TPSA) is 88.1 Å². The largest absolute Gasteiger partial charge is 0.463 e. The molecule has 1 fully saturated rings. The number of rotatable bonds is 3. The van der Waals surface area contributed by atoms with Crippen molar-refractivity contribution >= 4 is 12.1 Å². The summed E-state index contributed by atoms with van der Waals surface area (Å²) >= 11 is 0. The molecule has 1 atom stereocenters. The highest BCUT2D eigenvalue weighted by Gasteiger charge is 2.55. The van der Waals surface area contributed by atoms with Crippen LogP contribution in [-0.4, -0.2) is 40.6 Å². The summed E-state index contributed by atoms with van der Waals surface area (Å²) in [6.07, 6.45) is 2.62. The lowest BCUT2D eigenvalue weighted by molar-refractivity contribution is -0.142. The second-order valence-electron chi connectivity index (χ2n) is 7.76. The second kappa shape index (κ2) is 7.23. The molecule has 1 amide bonds. The predicted molar refractivity (Wildman–Crippen MR) is 92.1 cm³/mol. The van der Waals surface area contributed by atoms with E-state index in [1.54, 1.807) is 34.6 Å². The van der Waals surface area contributed by atoms with Crippen LogP contribution in [0.5, 0.6) is 0 Å². The van der Waals surface area contributed by atoms with E-state index in [1.165, 1.54) is 5.01 Å². The summed E-state index contributed by atoms with van der Waals surface area (Å²) in [5, 5.41) is 12.3. The lowest BCUT2D eigenvalue weighted by Gasteiger charge is -2.39. The molecule has 1 aliphatic heterocycles. The first-order valence-corrected chi connectivity index (χ1v) is 8.98. The van der Waals surface area contributed by atoms with Crippen LogP contribution in [0, 0.1) is 5.41 Å². The van der Waals surface area contributed by atoms with Crippen LogP contribution < -0.4 is 5.43 Å². The maximum atomic E-state index is 12.6. The molecule has 0 aromatic carbocycles. The van der Waals surface area contributed by atoms with Crippen LogP contribution in [0.1, 0.15) is 66.7 Å². The third-order valence-electron chi connectivity index (χ3n) is 4.80. The molecule has 7 heteroatoms. The molecule has 1 unspecified atom stereocenters. The van der Waals surface area contributed by atoms with Crippen LogP contribution >= 0.6 is 0 Å². The zero-order valence-corrected chi connectivity index (χ0v) is 15.8. The number of aliphatic hydroxyl groups is 1. The van der Waals surface area contributed by atoms with Gasteiger partial charge in [-0.3, -0.25) is 5.01 Å². The van der Waals surface area contributed by atoms with E-state index in [4.69, 9.17) is 9.47 Å². The van der Waals surface area contributed by atoms with Crippen LogP contribution in [0.25, 0.3) is 0 Å². The van der Waals surface area contributed by atoms with Crippen molar-refractivity contribution in [3.8, 4) is 0 Å². The summed E-state index contributed by atoms with van der Waals surface area (Å²) in [5.74, 6) is -0.422. The van der Waals surface area contributed by atoms with Gasteiger partial charge in [-0.1, -0.05) is 19.3 Å². The molecule has 142 valence electrons. The minimum absolute atomic E-state index is 0.265. The van der Waals surface area contributed by atoms with Crippen molar-refractivity contribution in [1.29, 1.82) is 0 Å². The molecule has 0 saturated heterocycles. The van der Waals surface area contributed by atoms with Crippen LogP contribution in [0.4, 0.5) is 4.79 Å². The fourth-order valence-electron chi connectivity index (χ4n) is 3.83. The fourth-order valence-corrected chi connectivity index (χ4v) is 3.83. The first kappa shape index (κ1) is 19.6. The van der Waals surface area contributed by atoms with Gasteiger partial charge in [0, 0.05) is 5.70 Å². The Bertz CT molecular complexity index is 558. The Hall–Kier alpha value is -1.76. The van der Waals surface area contributed by atoms with Gasteiger partial charge in [-0.15, -0.1) is 0 Å². The lowest BCUT2D eigenvalue weighted by Crippen LogP contribution is -2.51. The normalized spacial score (nSPS) is 23.0. The third kappa shape index (κ3) is 3.92. The number of hydrogen-bond donors (Lipinski definition) is 2. The molecule has 25 heavy (non-hydrogen) atoms. The molecular formula is C18H30N2O5. The molecule has 2 rings (SSSR count). The van der Waals surface area contributed by atoms with Crippen molar-refractivity contribution in [3.05, 3.63) is 11.3 Å². The summed E-state index contributed by atoms with van der Waals surface area (Å²) in [4.78, 5) is 24.7. The number of esters is 1. The smallest absolute Gasteiger partial charge is 0.426 e. The number of hydrogen-bond acceptors (Lipinski definition) is 6. The van der Waals surface area contributed by atoms with E-state index in [0.717, 1.165) is 19.3 Å². The van der Waals surface area contributed by atoms with Crippen LogP contribution in [0.2, 0.25) is 0 Å². The molecule has 0 bridgehead atoms. The highest BCUT2D eigenvalue weighted by atomic mass is 16.6. The SMILES string of the molecule is CCOC(=O)C1=C(C)N(NC(=O)OC(C)(C)C)C(O)C12CCCCC2. The Labute approximate surface area is 149 Å². The van der Waals surface area contributed by atoms with Crippen molar-refractivity contribution in [3.63, 3.8) is 0 Å². The van der Waals surface area contributed by atoms with Gasteiger partial charge in [0.1, 0.15) is 5.60 Å². The third-order valence-corrected chi connectivity index (χ3v) is 4.80. The highest BCUT2D eigenvalue weighted by molar-refractivity contribution is 5.92. The number of carbonyl (C=O) groups excluding carboxylic acids is 2. The molecule has 1 aliphatic carbocycles. The highest BCUT2D eigenvalue weighted by Crippen LogP contribution is 2.52. The van der Waals surface area contributed by atoms with E-state index in [9.17, 15) is 14.7 Å². The summed E-state index contributed by atoms with van der Waals surface area (Å²) < 4.78 is 10.5. The number of hydrazine groups is 1. The summed E-state index contributed by atoms with van der Waals surface area (Å²) in [5.41, 5.74) is 2.21. The van der Waals surface area contributed by atoms with E-state index in [-0.39, 0.29) is 6.61 Å². The molecule has 0 radical (unpaired) electrons. The standard InChI is InChI=1S/C18H30N2O5/c1-6-24-14(21)13-12(2)20(19-16(23)25-17(3,4)5)15(22)18(13)10-8-7-9-11-18/h15,22H,6-11H2,1-5H3,(H,19,23). The Morgan fingerprint density at radius 2 is 1.88 bits per heavy atom. The van der Waals surface area contributed by atoms with Gasteiger partial charge >= 0.3 is 12.1 Å². The van der Waals surface area contributed by atoms with Gasteiger partial charge in [0.25, 0.3) is 0 Å². The lowest BCUT2D eigenvalue weighted by atomic mass is 9.69. The van der Waals surface area contributed by atoms with Crippen molar-refractivity contribution in [2.75, 3.05) is 6.61 Å². The Kier molecular flexibility index (Phi) is 5.66. The van der Waals surface area contributed by atoms with E-state index in [1.807, 2.05) is 0 Å². The predicted octanol–water partition coefficient (Wildman–Crippen LogP) is 2.85. The number of ether oxygens (including phenoxy) is 2. The first-order chi connectivity index (χ1) is 11.6. The van der Waals surface area contributed by atoms with E-state index in [0.29, 0.717) is 24.1 Å². The maximum Gasteiger partial charge on any atom is 0.426 e. The van der Waals surface area contributed by atoms with Gasteiger partial charge in [0.05, 0.1) is 17.6 Å². The van der Waals surface area contributed by atoms with Crippen molar-refractivity contribution in [2.24, 2.45) is 5.41 Å². The van der Waals surface area contributed by atoms with Crippen LogP contribution in [0.15, 0.2) is 11.3 Å². The van der Waals surface area contributed by atoms with Gasteiger partial charge in [-0.2, -0.15) is 0 Å². The molecule has 2 aliphatic rings. The van der Waals surface area contributed by atoms with Crippen molar-refractivity contribution < 1.29 is 24.2 Å². The number of nitrogens with one attached hydrogen (secondary N) is 1. The summed E-state index contributed by atoms with van der Waals surface area (Å²) in [7, 11) is 0. The molecule has 2 N–H and O–H groups in total. The second-order valence-corrected chi connectivity index (χ2v) is 7.76. The Morgan fingerprint density at radius 1 is 1.28 bits per heavy atom. The van der Waals surface area contributed by atoms with E-state index >= 15 is 0 Å². The molecule has 0 aromatic heterocycles. The minimum Gasteiger partial charge on any atom is -0.463 e. The zero-order valence-electron chi connectivity index (χ0n) is 15.8. The number of nitrogens with zero attached hydrogens (tertiary/aromatic N) is 1. The maximum absolute atomic E-state index is 12.6. The molecular weight excluding hydrogens is 324 g/mol. The number of allylic oxidation sites excluding steroid dienone is 1. The van der Waals surface area contributed by atoms with Crippen molar-refractivity contribution in [2.45, 2.75) is 78.6 Å². The van der Waals surface area contributed by atoms with Crippen LogP contribution in [0.3, 0.4) is 0 Å². The molecule has 1 heterocycles. The monoisotopic (exact) mass is 354 g/mol. The number of aliphatic hydroxyl groups excluding tert-OH is 1. The molecule has 1 spiro atoms. The Balaban J connectivity index is 2.31. The molecule has 1 saturated carbocycles. The molecule has 0 aromatic rings. The fraction of sp³-hybridized carbons (Fsp3) is 0.778. The van der Waals surface area contributed by atoms with Crippen molar-refractivity contribution in [1.82, 2.24) is 10.4 Å². The van der Waals surface area contributed by atoms with Gasteiger partial charge in [0.15, 0.2) is 6.23 Å². The van der Waals surface area contributed by atoms with E-state index < -0.39 is 29.3 Å². The number of amides is 1. The van der Waals surface area contributed by atoms with E-state index in [2.05, 4.69) is 5.43 Å². The minimum atomic E-state index is -1.01. The quantitative estimate of drug-likeness (QED) is 0.758. The van der Waals surface area contributed by atoms with Gasteiger partial charge in [0.2, 0.25) is 0 Å². The Morgan fingerprint density at radius 3 is 2.40 bits per heavy atom. The van der Waals surface area contributed by atoms with Gasteiger partial charge < -0.3 is 14.6 Å². The number of carbonyl (C=O) groups is 2.